The highest BCUT2D eigenvalue weighted by atomic mass is 16.5. The number of carbonyl (C=O) groups is 4. The molecule has 2 aromatic rings. The topological polar surface area (TPSA) is 105 Å². The second-order valence-electron chi connectivity index (χ2n) is 5.68. The number of hydrogen-bond acceptors (Lipinski definition) is 5. The van der Waals surface area contributed by atoms with E-state index in [9.17, 15) is 19.2 Å². The Bertz CT molecular complexity index is 880. The molecule has 0 atom stereocenters. The molecule has 1 aliphatic heterocycles. The van der Waals surface area contributed by atoms with E-state index in [4.69, 9.17) is 4.74 Å². The van der Waals surface area contributed by atoms with Gasteiger partial charge in [0.1, 0.15) is 6.54 Å². The largest absolute Gasteiger partial charge is 0.454 e. The molecule has 1 heterocycles. The first kappa shape index (κ1) is 17.4. The van der Waals surface area contributed by atoms with E-state index < -0.39 is 30.4 Å². The lowest BCUT2D eigenvalue weighted by molar-refractivity contribution is -0.149. The Labute approximate surface area is 149 Å². The van der Waals surface area contributed by atoms with Gasteiger partial charge >= 0.3 is 12.0 Å². The van der Waals surface area contributed by atoms with Gasteiger partial charge in [0.25, 0.3) is 11.8 Å². The third-order valence-electron chi connectivity index (χ3n) is 3.92. The molecule has 0 radical (unpaired) electrons. The van der Waals surface area contributed by atoms with Crippen molar-refractivity contribution in [3.05, 3.63) is 48.0 Å². The van der Waals surface area contributed by atoms with Gasteiger partial charge in [-0.15, -0.1) is 0 Å². The maximum Gasteiger partial charge on any atom is 0.325 e. The summed E-state index contributed by atoms with van der Waals surface area (Å²) in [5.41, 5.74) is 0.418. The van der Waals surface area contributed by atoms with Crippen LogP contribution in [0.5, 0.6) is 0 Å². The second-order valence-corrected chi connectivity index (χ2v) is 5.68. The van der Waals surface area contributed by atoms with Gasteiger partial charge in [0.2, 0.25) is 0 Å². The number of fused-ring (bicyclic) bond motifs is 1. The predicted molar refractivity (Wildman–Crippen MR) is 92.4 cm³/mol. The maximum absolute atomic E-state index is 12.1. The highest BCUT2D eigenvalue weighted by Gasteiger charge is 2.26. The summed E-state index contributed by atoms with van der Waals surface area (Å²) in [7, 11) is 0. The number of nitrogens with one attached hydrogen (secondary N) is 2. The zero-order valence-electron chi connectivity index (χ0n) is 13.9. The Morgan fingerprint density at radius 3 is 2.62 bits per heavy atom. The minimum Gasteiger partial charge on any atom is -0.454 e. The molecule has 0 spiro atoms. The van der Waals surface area contributed by atoms with Crippen LogP contribution in [-0.2, 0) is 14.3 Å². The number of rotatable bonds is 5. The van der Waals surface area contributed by atoms with Gasteiger partial charge in [-0.25, -0.2) is 4.79 Å². The second kappa shape index (κ2) is 7.64. The smallest absolute Gasteiger partial charge is 0.325 e. The summed E-state index contributed by atoms with van der Waals surface area (Å²) >= 11 is 0. The minimum atomic E-state index is -0.757. The Balaban J connectivity index is 1.48. The van der Waals surface area contributed by atoms with E-state index >= 15 is 0 Å². The summed E-state index contributed by atoms with van der Waals surface area (Å²) in [5, 5.41) is 6.85. The van der Waals surface area contributed by atoms with Crippen molar-refractivity contribution >= 4 is 34.6 Å². The molecular formula is C18H17N3O5. The normalized spacial score (nSPS) is 13.4. The van der Waals surface area contributed by atoms with Gasteiger partial charge in [-0.2, -0.15) is 0 Å². The number of carbonyl (C=O) groups excluding carboxylic acids is 4. The first-order valence-corrected chi connectivity index (χ1v) is 8.05. The van der Waals surface area contributed by atoms with Crippen molar-refractivity contribution < 1.29 is 23.9 Å². The van der Waals surface area contributed by atoms with Crippen LogP contribution in [0.4, 0.5) is 4.79 Å². The van der Waals surface area contributed by atoms with Gasteiger partial charge in [0.05, 0.1) is 0 Å². The van der Waals surface area contributed by atoms with Gasteiger partial charge in [-0.3, -0.25) is 19.3 Å². The molecule has 26 heavy (non-hydrogen) atoms. The van der Waals surface area contributed by atoms with Crippen LogP contribution in [0.15, 0.2) is 42.5 Å². The van der Waals surface area contributed by atoms with Crippen molar-refractivity contribution in [2.45, 2.75) is 0 Å². The fraction of sp³-hybridized carbons (Fsp3) is 0.222. The summed E-state index contributed by atoms with van der Waals surface area (Å²) in [6.07, 6.45) is 0. The first-order chi connectivity index (χ1) is 12.5. The fourth-order valence-corrected chi connectivity index (χ4v) is 2.57. The number of urea groups is 1. The van der Waals surface area contributed by atoms with E-state index in [1.54, 1.807) is 12.1 Å². The number of esters is 1. The van der Waals surface area contributed by atoms with Crippen molar-refractivity contribution in [3.63, 3.8) is 0 Å². The molecule has 0 bridgehead atoms. The van der Waals surface area contributed by atoms with Crippen LogP contribution >= 0.6 is 0 Å². The zero-order valence-corrected chi connectivity index (χ0v) is 13.9. The van der Waals surface area contributed by atoms with Crippen molar-refractivity contribution in [3.8, 4) is 0 Å². The number of ether oxygens (including phenoxy) is 1. The van der Waals surface area contributed by atoms with Crippen molar-refractivity contribution in [2.75, 3.05) is 26.2 Å². The van der Waals surface area contributed by atoms with Gasteiger partial charge in [-0.1, -0.05) is 30.3 Å². The zero-order chi connectivity index (χ0) is 18.5. The Hall–Kier alpha value is -3.42. The lowest BCUT2D eigenvalue weighted by atomic mass is 10.1. The molecule has 4 amide bonds. The fourth-order valence-electron chi connectivity index (χ4n) is 2.57. The monoisotopic (exact) mass is 355 g/mol. The van der Waals surface area contributed by atoms with Crippen LogP contribution in [0, 0.1) is 0 Å². The standard InChI is InChI=1S/C18H17N3O5/c22-15(21-8-7-19-18(21)25)11-26-16(23)10-20-17(24)14-6-5-12-3-1-2-4-13(12)9-14/h1-6,9H,7-8,10-11H2,(H,19,25)(H,20,24). The molecule has 3 rings (SSSR count). The van der Waals surface area contributed by atoms with Gasteiger partial charge in [0, 0.05) is 18.7 Å². The molecule has 1 aliphatic rings. The third-order valence-corrected chi connectivity index (χ3v) is 3.92. The van der Waals surface area contributed by atoms with Crippen LogP contribution in [0.3, 0.4) is 0 Å². The summed E-state index contributed by atoms with van der Waals surface area (Å²) in [5.74, 6) is -1.78. The average Bonchev–Trinajstić information content (AvgIpc) is 3.09. The van der Waals surface area contributed by atoms with Gasteiger partial charge < -0.3 is 15.4 Å². The third kappa shape index (κ3) is 3.97. The maximum atomic E-state index is 12.1. The molecule has 134 valence electrons. The van der Waals surface area contributed by atoms with Crippen molar-refractivity contribution in [2.24, 2.45) is 0 Å². The molecule has 0 saturated carbocycles. The highest BCUT2D eigenvalue weighted by Crippen LogP contribution is 2.15. The summed E-state index contributed by atoms with van der Waals surface area (Å²) in [4.78, 5) is 47.9. The van der Waals surface area contributed by atoms with Gasteiger partial charge in [0.15, 0.2) is 6.61 Å². The van der Waals surface area contributed by atoms with E-state index in [0.29, 0.717) is 12.1 Å². The number of hydrogen-bond donors (Lipinski definition) is 2. The Morgan fingerprint density at radius 2 is 1.88 bits per heavy atom. The first-order valence-electron chi connectivity index (χ1n) is 8.05. The molecule has 0 unspecified atom stereocenters. The molecular weight excluding hydrogens is 338 g/mol. The molecule has 8 nitrogen and oxygen atoms in total. The molecule has 0 aromatic heterocycles. The van der Waals surface area contributed by atoms with E-state index in [1.807, 2.05) is 30.3 Å². The quantitative estimate of drug-likeness (QED) is 0.767. The van der Waals surface area contributed by atoms with Crippen LogP contribution in [0.1, 0.15) is 10.4 Å². The van der Waals surface area contributed by atoms with E-state index in [0.717, 1.165) is 15.7 Å². The van der Waals surface area contributed by atoms with Crippen LogP contribution < -0.4 is 10.6 Å². The molecule has 2 N–H and O–H groups in total. The average molecular weight is 355 g/mol. The molecule has 1 saturated heterocycles. The lowest BCUT2D eigenvalue weighted by Crippen LogP contribution is -2.38. The van der Waals surface area contributed by atoms with Crippen LogP contribution in [0.25, 0.3) is 10.8 Å². The summed E-state index contributed by atoms with van der Waals surface area (Å²) < 4.78 is 4.80. The van der Waals surface area contributed by atoms with E-state index in [2.05, 4.69) is 10.6 Å². The molecule has 8 heteroatoms. The molecule has 0 aliphatic carbocycles. The van der Waals surface area contributed by atoms with Crippen molar-refractivity contribution in [1.29, 1.82) is 0 Å². The summed E-state index contributed by atoms with van der Waals surface area (Å²) in [6, 6.07) is 12.3. The SMILES string of the molecule is O=C(CNC(=O)c1ccc2ccccc2c1)OCC(=O)N1CCNC1=O. The lowest BCUT2D eigenvalue weighted by Gasteiger charge is -2.12. The summed E-state index contributed by atoms with van der Waals surface area (Å²) in [6.45, 7) is -0.294. The minimum absolute atomic E-state index is 0.244. The van der Waals surface area contributed by atoms with Gasteiger partial charge in [-0.05, 0) is 22.9 Å². The number of amides is 4. The van der Waals surface area contributed by atoms with Crippen molar-refractivity contribution in [1.82, 2.24) is 15.5 Å². The van der Waals surface area contributed by atoms with E-state index in [1.165, 1.54) is 0 Å². The molecule has 2 aromatic carbocycles. The molecule has 1 fully saturated rings. The Morgan fingerprint density at radius 1 is 1.12 bits per heavy atom. The van der Waals surface area contributed by atoms with E-state index in [-0.39, 0.29) is 13.1 Å². The number of imide groups is 1. The Kier molecular flexibility index (Phi) is 5.12. The number of nitrogens with zero attached hydrogens (tertiary/aromatic N) is 1. The van der Waals surface area contributed by atoms with Crippen LogP contribution in [0.2, 0.25) is 0 Å². The number of benzene rings is 2. The van der Waals surface area contributed by atoms with Crippen LogP contribution in [-0.4, -0.2) is 55.0 Å². The predicted octanol–water partition coefficient (Wildman–Crippen LogP) is 0.665. The highest BCUT2D eigenvalue weighted by molar-refractivity contribution is 6.00.